The van der Waals surface area contributed by atoms with E-state index in [1.807, 2.05) is 37.3 Å². The Morgan fingerprint density at radius 2 is 1.80 bits per heavy atom. The SMILES string of the molecule is CC(NC(=O)CCC(CCN)C(C)C)c1ccccc1. The Morgan fingerprint density at radius 3 is 2.35 bits per heavy atom. The highest BCUT2D eigenvalue weighted by molar-refractivity contribution is 5.76. The molecular formula is C17H28N2O. The largest absolute Gasteiger partial charge is 0.350 e. The van der Waals surface area contributed by atoms with E-state index in [2.05, 4.69) is 19.2 Å². The maximum atomic E-state index is 12.0. The van der Waals surface area contributed by atoms with Crippen LogP contribution in [-0.2, 0) is 4.79 Å². The van der Waals surface area contributed by atoms with Gasteiger partial charge >= 0.3 is 0 Å². The molecule has 20 heavy (non-hydrogen) atoms. The molecule has 0 heterocycles. The van der Waals surface area contributed by atoms with Crippen molar-refractivity contribution < 1.29 is 4.79 Å². The summed E-state index contributed by atoms with van der Waals surface area (Å²) in [6.45, 7) is 7.12. The summed E-state index contributed by atoms with van der Waals surface area (Å²) in [5, 5.41) is 3.06. The predicted molar refractivity (Wildman–Crippen MR) is 84.2 cm³/mol. The highest BCUT2D eigenvalue weighted by atomic mass is 16.1. The van der Waals surface area contributed by atoms with Crippen molar-refractivity contribution in [2.75, 3.05) is 6.54 Å². The summed E-state index contributed by atoms with van der Waals surface area (Å²) >= 11 is 0. The van der Waals surface area contributed by atoms with Gasteiger partial charge in [0.05, 0.1) is 6.04 Å². The van der Waals surface area contributed by atoms with Crippen molar-refractivity contribution >= 4 is 5.91 Å². The van der Waals surface area contributed by atoms with Crippen LogP contribution in [0.1, 0.15) is 51.6 Å². The molecule has 0 aliphatic carbocycles. The maximum absolute atomic E-state index is 12.0. The monoisotopic (exact) mass is 276 g/mol. The van der Waals surface area contributed by atoms with Crippen LogP contribution in [0.25, 0.3) is 0 Å². The van der Waals surface area contributed by atoms with Crippen molar-refractivity contribution in [1.82, 2.24) is 5.32 Å². The maximum Gasteiger partial charge on any atom is 0.220 e. The first-order chi connectivity index (χ1) is 9.54. The molecule has 0 spiro atoms. The predicted octanol–water partition coefficient (Wildman–Crippen LogP) is 3.27. The molecule has 112 valence electrons. The van der Waals surface area contributed by atoms with Crippen LogP contribution in [0.2, 0.25) is 0 Å². The van der Waals surface area contributed by atoms with Gasteiger partial charge in [-0.1, -0.05) is 44.2 Å². The van der Waals surface area contributed by atoms with E-state index in [1.165, 1.54) is 0 Å². The number of nitrogens with one attached hydrogen (secondary N) is 1. The molecule has 1 rings (SSSR count). The van der Waals surface area contributed by atoms with Crippen molar-refractivity contribution in [2.45, 2.75) is 46.1 Å². The summed E-state index contributed by atoms with van der Waals surface area (Å²) < 4.78 is 0. The number of rotatable bonds is 8. The van der Waals surface area contributed by atoms with Gasteiger partial charge in [0, 0.05) is 6.42 Å². The number of carbonyl (C=O) groups excluding carboxylic acids is 1. The van der Waals surface area contributed by atoms with Gasteiger partial charge in [0.25, 0.3) is 0 Å². The smallest absolute Gasteiger partial charge is 0.220 e. The second-order valence-electron chi connectivity index (χ2n) is 5.82. The molecular weight excluding hydrogens is 248 g/mol. The average molecular weight is 276 g/mol. The minimum Gasteiger partial charge on any atom is -0.350 e. The molecule has 1 aromatic rings. The Hall–Kier alpha value is -1.35. The van der Waals surface area contributed by atoms with Gasteiger partial charge in [-0.3, -0.25) is 4.79 Å². The molecule has 0 fully saturated rings. The van der Waals surface area contributed by atoms with Gasteiger partial charge in [-0.15, -0.1) is 0 Å². The molecule has 1 aromatic carbocycles. The van der Waals surface area contributed by atoms with Gasteiger partial charge in [-0.2, -0.15) is 0 Å². The van der Waals surface area contributed by atoms with E-state index in [4.69, 9.17) is 5.73 Å². The van der Waals surface area contributed by atoms with Gasteiger partial charge < -0.3 is 11.1 Å². The molecule has 0 bridgehead atoms. The van der Waals surface area contributed by atoms with Gasteiger partial charge in [0.2, 0.25) is 5.91 Å². The van der Waals surface area contributed by atoms with Crippen molar-refractivity contribution in [3.8, 4) is 0 Å². The first kappa shape index (κ1) is 16.7. The molecule has 2 atom stereocenters. The normalized spacial score (nSPS) is 14.1. The number of carbonyl (C=O) groups is 1. The molecule has 2 unspecified atom stereocenters. The highest BCUT2D eigenvalue weighted by Crippen LogP contribution is 2.20. The summed E-state index contributed by atoms with van der Waals surface area (Å²) in [5.41, 5.74) is 6.77. The van der Waals surface area contributed by atoms with E-state index in [0.717, 1.165) is 18.4 Å². The number of nitrogens with two attached hydrogens (primary N) is 1. The van der Waals surface area contributed by atoms with E-state index in [1.54, 1.807) is 0 Å². The highest BCUT2D eigenvalue weighted by Gasteiger charge is 2.15. The molecule has 0 radical (unpaired) electrons. The molecule has 1 amide bonds. The van der Waals surface area contributed by atoms with Crippen LogP contribution >= 0.6 is 0 Å². The van der Waals surface area contributed by atoms with Crippen molar-refractivity contribution in [3.63, 3.8) is 0 Å². The fourth-order valence-electron chi connectivity index (χ4n) is 2.48. The lowest BCUT2D eigenvalue weighted by atomic mass is 9.88. The lowest BCUT2D eigenvalue weighted by Crippen LogP contribution is -2.27. The first-order valence-corrected chi connectivity index (χ1v) is 7.59. The lowest BCUT2D eigenvalue weighted by Gasteiger charge is -2.20. The Bertz CT molecular complexity index is 389. The van der Waals surface area contributed by atoms with Crippen LogP contribution in [0.4, 0.5) is 0 Å². The molecule has 0 aliphatic rings. The van der Waals surface area contributed by atoms with E-state index in [9.17, 15) is 4.79 Å². The molecule has 3 nitrogen and oxygen atoms in total. The quantitative estimate of drug-likeness (QED) is 0.765. The van der Waals surface area contributed by atoms with Crippen LogP contribution < -0.4 is 11.1 Å². The van der Waals surface area contributed by atoms with Crippen molar-refractivity contribution in [2.24, 2.45) is 17.6 Å². The molecule has 3 heteroatoms. The number of amides is 1. The molecule has 0 saturated carbocycles. The Balaban J connectivity index is 2.39. The van der Waals surface area contributed by atoms with Crippen LogP contribution in [0.5, 0.6) is 0 Å². The Labute approximate surface area is 122 Å². The number of hydrogen-bond acceptors (Lipinski definition) is 2. The Morgan fingerprint density at radius 1 is 1.15 bits per heavy atom. The van der Waals surface area contributed by atoms with Gasteiger partial charge in [0.1, 0.15) is 0 Å². The van der Waals surface area contributed by atoms with Crippen LogP contribution in [0.15, 0.2) is 30.3 Å². The lowest BCUT2D eigenvalue weighted by molar-refractivity contribution is -0.122. The van der Waals surface area contributed by atoms with E-state index < -0.39 is 0 Å². The van der Waals surface area contributed by atoms with Crippen molar-refractivity contribution in [1.29, 1.82) is 0 Å². The molecule has 0 aromatic heterocycles. The fraction of sp³-hybridized carbons (Fsp3) is 0.588. The standard InChI is InChI=1S/C17H28N2O/c1-13(2)15(11-12-18)9-10-17(20)19-14(3)16-7-5-4-6-8-16/h4-8,13-15H,9-12,18H2,1-3H3,(H,19,20). The Kier molecular flexibility index (Phi) is 7.31. The van der Waals surface area contributed by atoms with Crippen LogP contribution in [-0.4, -0.2) is 12.5 Å². The zero-order valence-electron chi connectivity index (χ0n) is 12.9. The van der Waals surface area contributed by atoms with Crippen molar-refractivity contribution in [3.05, 3.63) is 35.9 Å². The minimum absolute atomic E-state index is 0.0655. The zero-order chi connectivity index (χ0) is 15.0. The zero-order valence-corrected chi connectivity index (χ0v) is 12.9. The summed E-state index contributed by atoms with van der Waals surface area (Å²) in [5.74, 6) is 1.25. The van der Waals surface area contributed by atoms with Gasteiger partial charge in [-0.05, 0) is 43.7 Å². The summed E-state index contributed by atoms with van der Waals surface area (Å²) in [6, 6.07) is 10.1. The van der Waals surface area contributed by atoms with E-state index in [-0.39, 0.29) is 11.9 Å². The molecule has 3 N–H and O–H groups in total. The average Bonchev–Trinajstić information content (AvgIpc) is 2.44. The first-order valence-electron chi connectivity index (χ1n) is 7.59. The van der Waals surface area contributed by atoms with E-state index >= 15 is 0 Å². The molecule has 0 aliphatic heterocycles. The van der Waals surface area contributed by atoms with Crippen LogP contribution in [0.3, 0.4) is 0 Å². The third-order valence-corrected chi connectivity index (χ3v) is 3.90. The fourth-order valence-corrected chi connectivity index (χ4v) is 2.48. The second kappa shape index (κ2) is 8.75. The summed E-state index contributed by atoms with van der Waals surface area (Å²) in [7, 11) is 0. The van der Waals surface area contributed by atoms with E-state index in [0.29, 0.717) is 24.8 Å². The van der Waals surface area contributed by atoms with Gasteiger partial charge in [-0.25, -0.2) is 0 Å². The third-order valence-electron chi connectivity index (χ3n) is 3.90. The van der Waals surface area contributed by atoms with Crippen LogP contribution in [0, 0.1) is 11.8 Å². The minimum atomic E-state index is 0.0655. The summed E-state index contributed by atoms with van der Waals surface area (Å²) in [4.78, 5) is 12.0. The third kappa shape index (κ3) is 5.74. The number of benzene rings is 1. The molecule has 0 saturated heterocycles. The van der Waals surface area contributed by atoms with Gasteiger partial charge in [0.15, 0.2) is 0 Å². The topological polar surface area (TPSA) is 55.1 Å². The second-order valence-corrected chi connectivity index (χ2v) is 5.82. The summed E-state index contributed by atoms with van der Waals surface area (Å²) in [6.07, 6.45) is 2.50. The number of hydrogen-bond donors (Lipinski definition) is 2.